The summed E-state index contributed by atoms with van der Waals surface area (Å²) in [4.78, 5) is 0. The van der Waals surface area contributed by atoms with Gasteiger partial charge in [0.05, 0.1) is 6.85 Å². The molecule has 47 heavy (non-hydrogen) atoms. The lowest BCUT2D eigenvalue weighted by Crippen LogP contribution is -1.91. The molecule has 9 aromatic carbocycles. The summed E-state index contributed by atoms with van der Waals surface area (Å²) in [6, 6.07) is 46.4. The van der Waals surface area contributed by atoms with Gasteiger partial charge in [-0.1, -0.05) is 152 Å². The first-order valence-electron chi connectivity index (χ1n) is 18.3. The summed E-state index contributed by atoms with van der Waals surface area (Å²) in [5, 5.41) is 10.3. The van der Waals surface area contributed by atoms with Crippen LogP contribution in [0, 0.1) is 0 Å². The first-order chi connectivity index (χ1) is 25.4. The van der Waals surface area contributed by atoms with E-state index in [-0.39, 0.29) is 29.7 Å². The average Bonchev–Trinajstić information content (AvgIpc) is 3.57. The number of hydrogen-bond donors (Lipinski definition) is 0. The standard InChI is InChI=1S/C46H28O/c1-2-13-30(14-3-1)44-36-16-6-8-18-38(36)45(39-19-9-7-17-37(39)44)41-22-11-23-42-46(41)40-27-25-31(28-43(40)47-42)33-20-10-21-34-32-15-5-4-12-29(32)24-26-35(33)34/h1-28H/i1D,2D,3D,13D,14D. The Morgan fingerprint density at radius 2 is 1.00 bits per heavy atom. The van der Waals surface area contributed by atoms with Crippen molar-refractivity contribution in [2.24, 2.45) is 0 Å². The van der Waals surface area contributed by atoms with Crippen LogP contribution in [0.3, 0.4) is 0 Å². The highest BCUT2D eigenvalue weighted by Crippen LogP contribution is 2.47. The number of hydrogen-bond acceptors (Lipinski definition) is 1. The van der Waals surface area contributed by atoms with E-state index in [2.05, 4.69) is 91.0 Å². The van der Waals surface area contributed by atoms with Crippen LogP contribution in [0.2, 0.25) is 0 Å². The molecular formula is C46H28O. The quantitative estimate of drug-likeness (QED) is 0.145. The molecule has 0 atom stereocenters. The third kappa shape index (κ3) is 3.90. The van der Waals surface area contributed by atoms with E-state index in [9.17, 15) is 0 Å². The number of rotatable bonds is 3. The van der Waals surface area contributed by atoms with Crippen molar-refractivity contribution in [1.29, 1.82) is 0 Å². The van der Waals surface area contributed by atoms with Gasteiger partial charge in [-0.25, -0.2) is 0 Å². The summed E-state index contributed by atoms with van der Waals surface area (Å²) in [5.41, 5.74) is 6.62. The van der Waals surface area contributed by atoms with Gasteiger partial charge < -0.3 is 4.42 Å². The number of benzene rings is 9. The lowest BCUT2D eigenvalue weighted by molar-refractivity contribution is 0.669. The van der Waals surface area contributed by atoms with E-state index in [0.29, 0.717) is 5.56 Å². The Hall–Kier alpha value is -6.18. The van der Waals surface area contributed by atoms with Crippen LogP contribution in [-0.2, 0) is 0 Å². The molecule has 0 unspecified atom stereocenters. The highest BCUT2D eigenvalue weighted by Gasteiger charge is 2.20. The molecular weight excluding hydrogens is 569 g/mol. The fourth-order valence-electron chi connectivity index (χ4n) is 7.56. The van der Waals surface area contributed by atoms with Crippen molar-refractivity contribution >= 4 is 65.0 Å². The van der Waals surface area contributed by atoms with Crippen LogP contribution < -0.4 is 0 Å². The molecule has 0 spiro atoms. The van der Waals surface area contributed by atoms with Crippen LogP contribution >= 0.6 is 0 Å². The molecule has 0 fully saturated rings. The van der Waals surface area contributed by atoms with E-state index in [1.807, 2.05) is 48.5 Å². The summed E-state index contributed by atoms with van der Waals surface area (Å²) < 4.78 is 49.5. The van der Waals surface area contributed by atoms with Crippen molar-refractivity contribution < 1.29 is 11.3 Å². The lowest BCUT2D eigenvalue weighted by atomic mass is 9.85. The van der Waals surface area contributed by atoms with Crippen molar-refractivity contribution in [2.45, 2.75) is 0 Å². The lowest BCUT2D eigenvalue weighted by Gasteiger charge is -2.18. The number of furan rings is 1. The normalized spacial score (nSPS) is 13.3. The predicted octanol–water partition coefficient (Wildman–Crippen LogP) is 13.2. The average molecular weight is 602 g/mol. The summed E-state index contributed by atoms with van der Waals surface area (Å²) in [5.74, 6) is 0. The largest absolute Gasteiger partial charge is 0.456 e. The molecule has 0 N–H and O–H groups in total. The highest BCUT2D eigenvalue weighted by molar-refractivity contribution is 6.25. The van der Waals surface area contributed by atoms with E-state index >= 15 is 0 Å². The minimum Gasteiger partial charge on any atom is -0.456 e. The first kappa shape index (κ1) is 21.5. The Balaban J connectivity index is 1.24. The maximum atomic E-state index is 8.89. The minimum absolute atomic E-state index is 0.200. The molecule has 218 valence electrons. The van der Waals surface area contributed by atoms with Gasteiger partial charge in [-0.2, -0.15) is 0 Å². The van der Waals surface area contributed by atoms with Gasteiger partial charge >= 0.3 is 0 Å². The zero-order chi connectivity index (χ0) is 35.2. The zero-order valence-electron chi connectivity index (χ0n) is 30.2. The topological polar surface area (TPSA) is 13.1 Å². The number of fused-ring (bicyclic) bond motifs is 8. The van der Waals surface area contributed by atoms with Crippen molar-refractivity contribution in [3.63, 3.8) is 0 Å². The molecule has 1 heterocycles. The monoisotopic (exact) mass is 601 g/mol. The molecule has 1 aromatic heterocycles. The maximum absolute atomic E-state index is 8.89. The van der Waals surface area contributed by atoms with Gasteiger partial charge in [0.1, 0.15) is 11.2 Å². The molecule has 0 aliphatic carbocycles. The first-order valence-corrected chi connectivity index (χ1v) is 15.8. The molecule has 0 amide bonds. The van der Waals surface area contributed by atoms with Gasteiger partial charge in [0.25, 0.3) is 0 Å². The van der Waals surface area contributed by atoms with Crippen LogP contribution in [0.1, 0.15) is 6.85 Å². The van der Waals surface area contributed by atoms with E-state index < -0.39 is 6.04 Å². The second-order valence-electron chi connectivity index (χ2n) is 12.0. The van der Waals surface area contributed by atoms with Crippen LogP contribution in [0.5, 0.6) is 0 Å². The van der Waals surface area contributed by atoms with Gasteiger partial charge in [0.15, 0.2) is 0 Å². The SMILES string of the molecule is [2H]c1c([2H])c([2H])c(-c2c3ccccc3c(-c3cccc4oc5cc(-c6cccc7c6ccc6ccccc67)ccc5c34)c3ccccc23)c([2H])c1[2H]. The summed E-state index contributed by atoms with van der Waals surface area (Å²) in [6.07, 6.45) is 0. The van der Waals surface area contributed by atoms with Gasteiger partial charge in [-0.15, -0.1) is 0 Å². The Kier molecular flexibility index (Phi) is 4.66. The summed E-state index contributed by atoms with van der Waals surface area (Å²) in [7, 11) is 0. The third-order valence-corrected chi connectivity index (χ3v) is 9.55. The Bertz CT molecular complexity index is 3050. The molecule has 10 aromatic rings. The fourth-order valence-corrected chi connectivity index (χ4v) is 7.56. The van der Waals surface area contributed by atoms with Crippen molar-refractivity contribution in [3.05, 3.63) is 170 Å². The van der Waals surface area contributed by atoms with Crippen LogP contribution in [0.15, 0.2) is 174 Å². The minimum atomic E-state index is -0.403. The molecule has 0 aliphatic heterocycles. The molecule has 0 bridgehead atoms. The van der Waals surface area contributed by atoms with Crippen molar-refractivity contribution in [1.82, 2.24) is 0 Å². The van der Waals surface area contributed by atoms with Gasteiger partial charge in [-0.3, -0.25) is 0 Å². The smallest absolute Gasteiger partial charge is 0.136 e. The molecule has 10 rings (SSSR count). The van der Waals surface area contributed by atoms with Gasteiger partial charge in [0.2, 0.25) is 0 Å². The van der Waals surface area contributed by atoms with E-state index in [1.165, 1.54) is 21.5 Å². The maximum Gasteiger partial charge on any atom is 0.136 e. The van der Waals surface area contributed by atoms with Crippen molar-refractivity contribution in [3.8, 4) is 33.4 Å². The van der Waals surface area contributed by atoms with Gasteiger partial charge in [0, 0.05) is 10.8 Å². The van der Waals surface area contributed by atoms with Crippen LogP contribution in [0.4, 0.5) is 0 Å². The van der Waals surface area contributed by atoms with Crippen LogP contribution in [-0.4, -0.2) is 0 Å². The second kappa shape index (κ2) is 10.2. The van der Waals surface area contributed by atoms with Crippen molar-refractivity contribution in [2.75, 3.05) is 0 Å². The Labute approximate surface area is 279 Å². The zero-order valence-corrected chi connectivity index (χ0v) is 25.2. The molecule has 0 saturated heterocycles. The van der Waals surface area contributed by atoms with E-state index in [4.69, 9.17) is 11.3 Å². The highest BCUT2D eigenvalue weighted by atomic mass is 16.3. The predicted molar refractivity (Wildman–Crippen MR) is 200 cm³/mol. The van der Waals surface area contributed by atoms with Gasteiger partial charge in [-0.05, 0) is 94.7 Å². The second-order valence-corrected chi connectivity index (χ2v) is 12.0. The van der Waals surface area contributed by atoms with E-state index in [0.717, 1.165) is 65.7 Å². The summed E-state index contributed by atoms with van der Waals surface area (Å²) >= 11 is 0. The Morgan fingerprint density at radius 3 is 1.77 bits per heavy atom. The molecule has 0 aliphatic rings. The molecule has 1 heteroatoms. The molecule has 0 radical (unpaired) electrons. The summed E-state index contributed by atoms with van der Waals surface area (Å²) in [6.45, 7) is 0. The molecule has 0 saturated carbocycles. The van der Waals surface area contributed by atoms with E-state index in [1.54, 1.807) is 0 Å². The van der Waals surface area contributed by atoms with Crippen LogP contribution in [0.25, 0.3) is 98.4 Å². The third-order valence-electron chi connectivity index (χ3n) is 9.55. The fraction of sp³-hybridized carbons (Fsp3) is 0. The Morgan fingerprint density at radius 1 is 0.383 bits per heavy atom. The molecule has 1 nitrogen and oxygen atoms in total.